The van der Waals surface area contributed by atoms with Gasteiger partial charge in [-0.25, -0.2) is 0 Å². The third-order valence-corrected chi connectivity index (χ3v) is 9.77. The fourth-order valence-corrected chi connectivity index (χ4v) is 6.39. The molecule has 9 heteroatoms. The van der Waals surface area contributed by atoms with Crippen LogP contribution in [0.5, 0.6) is 0 Å². The molecule has 1 heterocycles. The van der Waals surface area contributed by atoms with Crippen LogP contribution in [0.15, 0.2) is 48.6 Å². The third kappa shape index (κ3) is 27.7. The highest BCUT2D eigenvalue weighted by atomic mass is 16.7. The van der Waals surface area contributed by atoms with Crippen LogP contribution in [0, 0.1) is 0 Å². The van der Waals surface area contributed by atoms with E-state index in [0.717, 1.165) is 38.5 Å². The molecule has 1 fully saturated rings. The second-order valence-corrected chi connectivity index (χ2v) is 14.8. The van der Waals surface area contributed by atoms with Crippen LogP contribution in [-0.2, 0) is 23.7 Å². The van der Waals surface area contributed by atoms with Crippen molar-refractivity contribution in [1.82, 2.24) is 0 Å². The molecule has 54 heavy (non-hydrogen) atoms. The summed E-state index contributed by atoms with van der Waals surface area (Å²) < 4.78 is 22.7. The molecule has 9 nitrogen and oxygen atoms in total. The summed E-state index contributed by atoms with van der Waals surface area (Å²) in [5.41, 5.74) is 0. The second-order valence-electron chi connectivity index (χ2n) is 14.8. The Morgan fingerprint density at radius 2 is 1.09 bits per heavy atom. The summed E-state index contributed by atoms with van der Waals surface area (Å²) in [6.07, 6.45) is 37.3. The number of hydrogen-bond acceptors (Lipinski definition) is 9. The number of unbranched alkanes of at least 4 members (excludes halogenated alkanes) is 17. The van der Waals surface area contributed by atoms with Crippen molar-refractivity contribution in [2.75, 3.05) is 26.4 Å². The minimum atomic E-state index is -1.55. The van der Waals surface area contributed by atoms with Crippen molar-refractivity contribution in [2.24, 2.45) is 0 Å². The SMILES string of the molecule is CC/C=C\C/C=C\C/C=C\C/C=C\CCC(=O)OC(COCCCCCCCCCCCCCCCCCCCC)COC1OC(CO)C(O)C(O)C1O. The van der Waals surface area contributed by atoms with Crippen molar-refractivity contribution in [3.63, 3.8) is 0 Å². The van der Waals surface area contributed by atoms with Gasteiger partial charge in [0.25, 0.3) is 0 Å². The smallest absolute Gasteiger partial charge is 0.306 e. The number of rotatable bonds is 36. The Labute approximate surface area is 329 Å². The van der Waals surface area contributed by atoms with Crippen LogP contribution < -0.4 is 0 Å². The fourth-order valence-electron chi connectivity index (χ4n) is 6.39. The molecule has 1 rings (SSSR count). The van der Waals surface area contributed by atoms with Crippen LogP contribution in [0.25, 0.3) is 0 Å². The molecule has 0 aliphatic carbocycles. The first-order chi connectivity index (χ1) is 26.4. The van der Waals surface area contributed by atoms with Gasteiger partial charge in [-0.1, -0.05) is 172 Å². The third-order valence-electron chi connectivity index (χ3n) is 9.77. The van der Waals surface area contributed by atoms with Crippen molar-refractivity contribution in [3.05, 3.63) is 48.6 Å². The lowest BCUT2D eigenvalue weighted by Gasteiger charge is -2.39. The van der Waals surface area contributed by atoms with E-state index in [1.807, 2.05) is 12.2 Å². The highest BCUT2D eigenvalue weighted by molar-refractivity contribution is 5.69. The summed E-state index contributed by atoms with van der Waals surface area (Å²) >= 11 is 0. The monoisotopic (exact) mass is 765 g/mol. The molecule has 314 valence electrons. The van der Waals surface area contributed by atoms with Crippen LogP contribution in [0.1, 0.15) is 168 Å². The van der Waals surface area contributed by atoms with Crippen LogP contribution in [0.2, 0.25) is 0 Å². The van der Waals surface area contributed by atoms with Gasteiger partial charge in [0.05, 0.1) is 19.8 Å². The number of aliphatic hydroxyl groups is 4. The lowest BCUT2D eigenvalue weighted by Crippen LogP contribution is -2.59. The number of aliphatic hydroxyl groups excluding tert-OH is 4. The minimum absolute atomic E-state index is 0.117. The first-order valence-corrected chi connectivity index (χ1v) is 21.7. The number of carbonyl (C=O) groups is 1. The van der Waals surface area contributed by atoms with Crippen molar-refractivity contribution < 1.29 is 44.2 Å². The van der Waals surface area contributed by atoms with Gasteiger partial charge in [0.1, 0.15) is 30.5 Å². The molecular formula is C45H80O9. The van der Waals surface area contributed by atoms with E-state index in [9.17, 15) is 25.2 Å². The van der Waals surface area contributed by atoms with E-state index in [1.165, 1.54) is 103 Å². The number of allylic oxidation sites excluding steroid dienone is 8. The Balaban J connectivity index is 2.29. The molecule has 6 unspecified atom stereocenters. The molecule has 0 amide bonds. The first-order valence-electron chi connectivity index (χ1n) is 21.7. The highest BCUT2D eigenvalue weighted by Crippen LogP contribution is 2.22. The van der Waals surface area contributed by atoms with Gasteiger partial charge in [-0.05, 0) is 38.5 Å². The zero-order valence-electron chi connectivity index (χ0n) is 34.2. The largest absolute Gasteiger partial charge is 0.457 e. The van der Waals surface area contributed by atoms with E-state index in [2.05, 4.69) is 50.3 Å². The molecule has 6 atom stereocenters. The zero-order valence-corrected chi connectivity index (χ0v) is 34.2. The highest BCUT2D eigenvalue weighted by Gasteiger charge is 2.44. The number of carbonyl (C=O) groups excluding carboxylic acids is 1. The molecule has 0 aromatic heterocycles. The van der Waals surface area contributed by atoms with E-state index in [0.29, 0.717) is 13.0 Å². The molecule has 0 spiro atoms. The zero-order chi connectivity index (χ0) is 39.3. The predicted molar refractivity (Wildman–Crippen MR) is 219 cm³/mol. The summed E-state index contributed by atoms with van der Waals surface area (Å²) in [7, 11) is 0. The fraction of sp³-hybridized carbons (Fsp3) is 0.800. The van der Waals surface area contributed by atoms with E-state index in [4.69, 9.17) is 18.9 Å². The predicted octanol–water partition coefficient (Wildman–Crippen LogP) is 9.36. The summed E-state index contributed by atoms with van der Waals surface area (Å²) in [5.74, 6) is -0.392. The minimum Gasteiger partial charge on any atom is -0.457 e. The lowest BCUT2D eigenvalue weighted by molar-refractivity contribution is -0.305. The van der Waals surface area contributed by atoms with E-state index >= 15 is 0 Å². The Hall–Kier alpha value is -1.85. The average Bonchev–Trinajstić information content (AvgIpc) is 3.17. The maximum absolute atomic E-state index is 12.7. The number of esters is 1. The Kier molecular flexibility index (Phi) is 34.2. The van der Waals surface area contributed by atoms with Crippen LogP contribution >= 0.6 is 0 Å². The summed E-state index contributed by atoms with van der Waals surface area (Å²) in [6.45, 7) is 4.36. The van der Waals surface area contributed by atoms with Crippen molar-refractivity contribution in [1.29, 1.82) is 0 Å². The van der Waals surface area contributed by atoms with E-state index < -0.39 is 49.4 Å². The summed E-state index contributed by atoms with van der Waals surface area (Å²) in [4.78, 5) is 12.7. The standard InChI is InChI=1S/C45H80O9/c1-3-5-7-9-11-13-15-17-18-19-20-21-23-25-27-29-31-33-35-51-37-39(38-52-45-44(50)43(49)42(48)40(36-46)54-45)53-41(47)34-32-30-28-26-24-22-16-14-12-10-8-6-4-2/h6,8,12,14,22,24,28,30,39-40,42-46,48-50H,3-5,7,9-11,13,15-21,23,25-27,29,31-38H2,1-2H3/b8-6-,14-12-,24-22-,30-28-. The van der Waals surface area contributed by atoms with Gasteiger partial charge >= 0.3 is 5.97 Å². The number of hydrogen-bond donors (Lipinski definition) is 4. The molecule has 0 aromatic carbocycles. The Morgan fingerprint density at radius 1 is 0.611 bits per heavy atom. The average molecular weight is 765 g/mol. The molecule has 0 bridgehead atoms. The molecule has 0 saturated carbocycles. The Bertz CT molecular complexity index is 963. The molecular weight excluding hydrogens is 684 g/mol. The van der Waals surface area contributed by atoms with Gasteiger partial charge < -0.3 is 39.4 Å². The van der Waals surface area contributed by atoms with Crippen molar-refractivity contribution in [2.45, 2.75) is 205 Å². The second kappa shape index (κ2) is 36.8. The normalized spacial score (nSPS) is 21.3. The van der Waals surface area contributed by atoms with Crippen molar-refractivity contribution >= 4 is 5.97 Å². The maximum atomic E-state index is 12.7. The van der Waals surface area contributed by atoms with Gasteiger partial charge in [0, 0.05) is 13.0 Å². The maximum Gasteiger partial charge on any atom is 0.306 e. The van der Waals surface area contributed by atoms with Gasteiger partial charge in [-0.15, -0.1) is 0 Å². The van der Waals surface area contributed by atoms with Gasteiger partial charge in [-0.3, -0.25) is 4.79 Å². The number of ether oxygens (including phenoxy) is 4. The molecule has 1 aliphatic heterocycles. The van der Waals surface area contributed by atoms with Crippen LogP contribution in [-0.4, -0.2) is 89.6 Å². The summed E-state index contributed by atoms with van der Waals surface area (Å²) in [5, 5.41) is 40.0. The first kappa shape index (κ1) is 50.2. The van der Waals surface area contributed by atoms with Gasteiger partial charge in [-0.2, -0.15) is 0 Å². The van der Waals surface area contributed by atoms with E-state index in [1.54, 1.807) is 0 Å². The molecule has 0 aromatic rings. The van der Waals surface area contributed by atoms with Gasteiger partial charge in [0.2, 0.25) is 0 Å². The molecule has 4 N–H and O–H groups in total. The summed E-state index contributed by atoms with van der Waals surface area (Å²) in [6, 6.07) is 0. The molecule has 1 aliphatic rings. The van der Waals surface area contributed by atoms with Crippen molar-refractivity contribution in [3.8, 4) is 0 Å². The van der Waals surface area contributed by atoms with Crippen LogP contribution in [0.3, 0.4) is 0 Å². The van der Waals surface area contributed by atoms with Crippen LogP contribution in [0.4, 0.5) is 0 Å². The molecule has 0 radical (unpaired) electrons. The lowest BCUT2D eigenvalue weighted by atomic mass is 9.99. The van der Waals surface area contributed by atoms with Gasteiger partial charge in [0.15, 0.2) is 6.29 Å². The quantitative estimate of drug-likeness (QED) is 0.0280. The topological polar surface area (TPSA) is 135 Å². The molecule has 1 saturated heterocycles. The van der Waals surface area contributed by atoms with E-state index in [-0.39, 0.29) is 19.6 Å². The Morgan fingerprint density at radius 3 is 1.59 bits per heavy atom.